The van der Waals surface area contributed by atoms with Gasteiger partial charge in [-0.2, -0.15) is 0 Å². The molecule has 0 aromatic carbocycles. The third-order valence-corrected chi connectivity index (χ3v) is 8.09. The number of aliphatic hydroxyl groups excluding tert-OH is 2. The van der Waals surface area contributed by atoms with E-state index in [4.69, 9.17) is 14.8 Å². The van der Waals surface area contributed by atoms with Crippen LogP contribution in [-0.2, 0) is 18.4 Å². The van der Waals surface area contributed by atoms with Crippen LogP contribution in [0, 0.1) is 0 Å². The van der Waals surface area contributed by atoms with Gasteiger partial charge >= 0.3 is 7.82 Å². The first-order valence-electron chi connectivity index (χ1n) is 17.5. The van der Waals surface area contributed by atoms with Crippen molar-refractivity contribution in [2.45, 2.75) is 141 Å². The van der Waals surface area contributed by atoms with Gasteiger partial charge < -0.3 is 26.2 Å². The van der Waals surface area contributed by atoms with Gasteiger partial charge in [0, 0.05) is 6.54 Å². The van der Waals surface area contributed by atoms with Gasteiger partial charge in [0.15, 0.2) is 0 Å². The number of amides is 1. The molecule has 0 aromatic heterocycles. The topological polar surface area (TPSA) is 151 Å². The number of aliphatic hydroxyl groups is 2. The molecule has 4 atom stereocenters. The van der Waals surface area contributed by atoms with Gasteiger partial charge in [-0.25, -0.2) is 4.57 Å². The molecule has 0 aliphatic carbocycles. The first-order chi connectivity index (χ1) is 22.3. The highest BCUT2D eigenvalue weighted by atomic mass is 31.2. The third-order valence-electron chi connectivity index (χ3n) is 7.11. The van der Waals surface area contributed by atoms with E-state index in [0.29, 0.717) is 12.8 Å². The van der Waals surface area contributed by atoms with Crippen LogP contribution in [0.1, 0.15) is 123 Å². The summed E-state index contributed by atoms with van der Waals surface area (Å²) >= 11 is 0. The van der Waals surface area contributed by atoms with Crippen molar-refractivity contribution in [1.82, 2.24) is 5.32 Å². The molecule has 10 heteroatoms. The zero-order chi connectivity index (χ0) is 34.1. The summed E-state index contributed by atoms with van der Waals surface area (Å²) in [6, 6.07) is -1.01. The second-order valence-corrected chi connectivity index (χ2v) is 13.0. The molecule has 0 heterocycles. The summed E-state index contributed by atoms with van der Waals surface area (Å²) in [4.78, 5) is 22.6. The molecule has 9 nitrogen and oxygen atoms in total. The van der Waals surface area contributed by atoms with E-state index in [0.717, 1.165) is 70.6 Å². The number of carbonyl (C=O) groups is 1. The highest BCUT2D eigenvalue weighted by molar-refractivity contribution is 7.47. The Morgan fingerprint density at radius 2 is 1.35 bits per heavy atom. The lowest BCUT2D eigenvalue weighted by atomic mass is 10.0. The first-order valence-corrected chi connectivity index (χ1v) is 19.0. The van der Waals surface area contributed by atoms with Crippen molar-refractivity contribution < 1.29 is 33.5 Å². The summed E-state index contributed by atoms with van der Waals surface area (Å²) in [6.45, 7) is 3.77. The number of unbranched alkanes of at least 4 members (excludes halogenated alkanes) is 10. The number of nitrogens with one attached hydrogen (secondary N) is 1. The number of nitrogens with two attached hydrogens (primary N) is 1. The summed E-state index contributed by atoms with van der Waals surface area (Å²) in [5, 5.41) is 23.8. The molecule has 266 valence electrons. The molecule has 0 radical (unpaired) electrons. The molecule has 0 aromatic rings. The van der Waals surface area contributed by atoms with E-state index < -0.39 is 38.6 Å². The summed E-state index contributed by atoms with van der Waals surface area (Å²) in [6.07, 6.45) is 34.5. The number of carbonyl (C=O) groups excluding carboxylic acids is 1. The molecule has 0 spiro atoms. The summed E-state index contributed by atoms with van der Waals surface area (Å²) in [5.74, 6) is -0.479. The molecule has 46 heavy (non-hydrogen) atoms. The van der Waals surface area contributed by atoms with E-state index in [1.54, 1.807) is 6.08 Å². The largest absolute Gasteiger partial charge is 0.472 e. The number of phosphoric acid groups is 1. The summed E-state index contributed by atoms with van der Waals surface area (Å²) < 4.78 is 21.9. The second-order valence-electron chi connectivity index (χ2n) is 11.6. The van der Waals surface area contributed by atoms with E-state index in [-0.39, 0.29) is 19.6 Å². The van der Waals surface area contributed by atoms with Gasteiger partial charge in [0.2, 0.25) is 5.91 Å². The van der Waals surface area contributed by atoms with E-state index in [1.807, 2.05) is 0 Å². The average Bonchev–Trinajstić information content (AvgIpc) is 3.03. The fraction of sp³-hybridized carbons (Fsp3) is 0.694. The zero-order valence-electron chi connectivity index (χ0n) is 28.6. The minimum Gasteiger partial charge on any atom is -0.393 e. The Bertz CT molecular complexity index is 920. The Balaban J connectivity index is 4.60. The Kier molecular flexibility index (Phi) is 30.5. The molecule has 0 aliphatic heterocycles. The van der Waals surface area contributed by atoms with Crippen LogP contribution in [0.2, 0.25) is 0 Å². The van der Waals surface area contributed by atoms with Crippen molar-refractivity contribution in [3.05, 3.63) is 60.8 Å². The highest BCUT2D eigenvalue weighted by Gasteiger charge is 2.27. The van der Waals surface area contributed by atoms with Crippen LogP contribution in [0.25, 0.3) is 0 Å². The lowest BCUT2D eigenvalue weighted by Crippen LogP contribution is -2.46. The molecule has 0 fully saturated rings. The number of hydrogen-bond acceptors (Lipinski definition) is 7. The van der Waals surface area contributed by atoms with Crippen LogP contribution >= 0.6 is 7.82 Å². The maximum atomic E-state index is 12.7. The SMILES string of the molecule is CCC/C=C/CC/C=C/CC/C=C/C(O)C(COP(=O)(O)OCCN)NC(=O)CC(O)CCCCCC/C=C\C=C/CCCCC. The van der Waals surface area contributed by atoms with Crippen molar-refractivity contribution >= 4 is 13.7 Å². The smallest absolute Gasteiger partial charge is 0.393 e. The summed E-state index contributed by atoms with van der Waals surface area (Å²) in [7, 11) is -4.41. The standard InChI is InChI=1S/C36H65N2O7P/c1-3-5-7-9-11-13-15-16-18-19-21-23-25-27-33(39)31-36(41)38-34(32-45-46(42,43)44-30-29-37)35(40)28-26-24-22-20-17-14-12-10-8-6-4-2/h8,10-11,13,15-17,20,26,28,33-35,39-40H,3-7,9,12,14,18-19,21-25,27,29-32,37H2,1-2H3,(H,38,41)(H,42,43)/b10-8+,13-11-,16-15-,20-17+,28-26+. The fourth-order valence-electron chi connectivity index (χ4n) is 4.44. The van der Waals surface area contributed by atoms with Gasteiger partial charge in [-0.3, -0.25) is 13.8 Å². The predicted octanol–water partition coefficient (Wildman–Crippen LogP) is 7.74. The molecule has 4 unspecified atom stereocenters. The monoisotopic (exact) mass is 668 g/mol. The molecule has 0 rings (SSSR count). The van der Waals surface area contributed by atoms with Crippen LogP contribution in [0.5, 0.6) is 0 Å². The zero-order valence-corrected chi connectivity index (χ0v) is 29.5. The van der Waals surface area contributed by atoms with Gasteiger partial charge in [0.25, 0.3) is 0 Å². The normalized spacial score (nSPS) is 15.9. The number of hydrogen-bond donors (Lipinski definition) is 5. The van der Waals surface area contributed by atoms with Crippen molar-refractivity contribution in [1.29, 1.82) is 0 Å². The van der Waals surface area contributed by atoms with Gasteiger partial charge in [-0.15, -0.1) is 0 Å². The lowest BCUT2D eigenvalue weighted by Gasteiger charge is -2.24. The highest BCUT2D eigenvalue weighted by Crippen LogP contribution is 2.43. The van der Waals surface area contributed by atoms with E-state index >= 15 is 0 Å². The lowest BCUT2D eigenvalue weighted by molar-refractivity contribution is -0.124. The summed E-state index contributed by atoms with van der Waals surface area (Å²) in [5.41, 5.74) is 5.32. The third kappa shape index (κ3) is 29.6. The molecule has 6 N–H and O–H groups in total. The van der Waals surface area contributed by atoms with E-state index in [1.165, 1.54) is 25.3 Å². The van der Waals surface area contributed by atoms with Crippen LogP contribution in [0.15, 0.2) is 60.8 Å². The second kappa shape index (κ2) is 31.7. The van der Waals surface area contributed by atoms with Gasteiger partial charge in [0.05, 0.1) is 37.9 Å². The first kappa shape index (κ1) is 44.2. The number of allylic oxidation sites excluding steroid dienone is 9. The molecular formula is C36H65N2O7P. The minimum absolute atomic E-state index is 0.0369. The quantitative estimate of drug-likeness (QED) is 0.0218. The van der Waals surface area contributed by atoms with Gasteiger partial charge in [0.1, 0.15) is 0 Å². The predicted molar refractivity (Wildman–Crippen MR) is 190 cm³/mol. The van der Waals surface area contributed by atoms with E-state index in [9.17, 15) is 24.5 Å². The minimum atomic E-state index is -4.41. The van der Waals surface area contributed by atoms with E-state index in [2.05, 4.69) is 67.8 Å². The van der Waals surface area contributed by atoms with Crippen molar-refractivity contribution in [3.8, 4) is 0 Å². The van der Waals surface area contributed by atoms with Gasteiger partial charge in [-0.05, 0) is 64.2 Å². The molecule has 0 saturated carbocycles. The Morgan fingerprint density at radius 3 is 1.96 bits per heavy atom. The maximum Gasteiger partial charge on any atom is 0.472 e. The molecule has 0 aliphatic rings. The maximum absolute atomic E-state index is 12.7. The van der Waals surface area contributed by atoms with Crippen LogP contribution in [0.3, 0.4) is 0 Å². The molecular weight excluding hydrogens is 603 g/mol. The average molecular weight is 669 g/mol. The number of phosphoric ester groups is 1. The van der Waals surface area contributed by atoms with Crippen LogP contribution < -0.4 is 11.1 Å². The van der Waals surface area contributed by atoms with Crippen molar-refractivity contribution in [2.24, 2.45) is 5.73 Å². The molecule has 0 bridgehead atoms. The van der Waals surface area contributed by atoms with Gasteiger partial charge in [-0.1, -0.05) is 113 Å². The van der Waals surface area contributed by atoms with Crippen molar-refractivity contribution in [2.75, 3.05) is 19.8 Å². The van der Waals surface area contributed by atoms with Crippen LogP contribution in [-0.4, -0.2) is 59.0 Å². The molecule has 0 saturated heterocycles. The molecule has 1 amide bonds. The number of rotatable bonds is 31. The van der Waals surface area contributed by atoms with Crippen LogP contribution in [0.4, 0.5) is 0 Å². The Hall–Kier alpha value is -1.84. The fourth-order valence-corrected chi connectivity index (χ4v) is 5.20. The van der Waals surface area contributed by atoms with Crippen molar-refractivity contribution in [3.63, 3.8) is 0 Å². The Labute approximate surface area is 279 Å². The Morgan fingerprint density at radius 1 is 0.761 bits per heavy atom.